The molecule has 1 unspecified atom stereocenters. The first kappa shape index (κ1) is 27.9. The second-order valence-electron chi connectivity index (χ2n) is 11.8. The van der Waals surface area contributed by atoms with Crippen molar-refractivity contribution in [3.63, 3.8) is 0 Å². The molecule has 2 heterocycles. The van der Waals surface area contributed by atoms with Gasteiger partial charge in [0.1, 0.15) is 24.3 Å². The maximum atomic E-state index is 14.9. The molecule has 2 aliphatic carbocycles. The number of aliphatic hydroxyl groups excluding tert-OH is 1. The van der Waals surface area contributed by atoms with Crippen molar-refractivity contribution in [3.05, 3.63) is 76.2 Å². The van der Waals surface area contributed by atoms with Gasteiger partial charge < -0.3 is 24.4 Å². The van der Waals surface area contributed by atoms with E-state index >= 15 is 0 Å². The van der Waals surface area contributed by atoms with Crippen LogP contribution in [-0.4, -0.2) is 39.8 Å². The summed E-state index contributed by atoms with van der Waals surface area (Å²) < 4.78 is 73.5. The number of pyridine rings is 1. The highest BCUT2D eigenvalue weighted by atomic mass is 19.4. The van der Waals surface area contributed by atoms with Gasteiger partial charge in [-0.2, -0.15) is 13.2 Å². The number of epoxide rings is 1. The van der Waals surface area contributed by atoms with Crippen molar-refractivity contribution >= 4 is 0 Å². The number of aromatic nitrogens is 1. The molecule has 2 fully saturated rings. The highest BCUT2D eigenvalue weighted by molar-refractivity contribution is 5.73. The third-order valence-electron chi connectivity index (χ3n) is 8.26. The first-order valence-electron chi connectivity index (χ1n) is 13.6. The molecular formula is C31H31F4NO5. The van der Waals surface area contributed by atoms with Gasteiger partial charge in [-0.25, -0.2) is 9.37 Å². The Labute approximate surface area is 234 Å². The predicted octanol–water partition coefficient (Wildman–Crippen LogP) is 5.94. The van der Waals surface area contributed by atoms with E-state index < -0.39 is 29.4 Å². The Bertz CT molecular complexity index is 1480. The van der Waals surface area contributed by atoms with E-state index in [1.165, 1.54) is 12.1 Å². The molecule has 2 aromatic carbocycles. The predicted molar refractivity (Wildman–Crippen MR) is 141 cm³/mol. The van der Waals surface area contributed by atoms with Crippen molar-refractivity contribution in [1.29, 1.82) is 0 Å². The maximum absolute atomic E-state index is 14.9. The van der Waals surface area contributed by atoms with Crippen LogP contribution < -0.4 is 9.47 Å². The molecule has 6 rings (SSSR count). The average Bonchev–Trinajstić information content (AvgIpc) is 3.74. The molecular weight excluding hydrogens is 542 g/mol. The normalized spacial score (nSPS) is 24.6. The summed E-state index contributed by atoms with van der Waals surface area (Å²) in [5.41, 5.74) is 0.827. The van der Waals surface area contributed by atoms with Gasteiger partial charge in [0.15, 0.2) is 6.29 Å². The Morgan fingerprint density at radius 3 is 2.49 bits per heavy atom. The number of hydrogen-bond acceptors (Lipinski definition) is 6. The van der Waals surface area contributed by atoms with Crippen LogP contribution >= 0.6 is 0 Å². The van der Waals surface area contributed by atoms with Gasteiger partial charge in [-0.05, 0) is 91.1 Å². The Kier molecular flexibility index (Phi) is 6.79. The third-order valence-corrected chi connectivity index (χ3v) is 8.26. The minimum Gasteiger partial charge on any atom is -0.493 e. The van der Waals surface area contributed by atoms with Gasteiger partial charge in [-0.3, -0.25) is 0 Å². The molecule has 1 saturated heterocycles. The van der Waals surface area contributed by atoms with E-state index in [9.17, 15) is 27.8 Å². The van der Waals surface area contributed by atoms with Crippen LogP contribution in [0.1, 0.15) is 54.0 Å². The summed E-state index contributed by atoms with van der Waals surface area (Å²) >= 11 is 0. The lowest BCUT2D eigenvalue weighted by atomic mass is 9.93. The number of hydrogen-bond donors (Lipinski definition) is 2. The summed E-state index contributed by atoms with van der Waals surface area (Å²) in [7, 11) is 0. The first-order chi connectivity index (χ1) is 19.3. The van der Waals surface area contributed by atoms with Crippen LogP contribution in [-0.2, 0) is 23.9 Å². The second kappa shape index (κ2) is 9.96. The van der Waals surface area contributed by atoms with Crippen molar-refractivity contribution < 1.29 is 42.0 Å². The molecule has 10 heteroatoms. The number of aryl methyl sites for hydroxylation is 1. The quantitative estimate of drug-likeness (QED) is 0.244. The number of fused-ring (bicyclic) bond motifs is 3. The summed E-state index contributed by atoms with van der Waals surface area (Å²) in [6.07, 6.45) is -2.62. The summed E-state index contributed by atoms with van der Waals surface area (Å²) in [4.78, 5) is 4.35. The maximum Gasteiger partial charge on any atom is 0.417 e. The zero-order valence-corrected chi connectivity index (χ0v) is 22.8. The fourth-order valence-corrected chi connectivity index (χ4v) is 6.03. The SMILES string of the molecule is Cc1cc(OCCC(C)(C)O)ccc1-c1cc(COc2cc3c(cn2)[C@H]2[C@@H](C3)[C@@H]2[C@H]2OC2O)c(F)cc1C(F)(F)F. The third kappa shape index (κ3) is 5.65. The monoisotopic (exact) mass is 573 g/mol. The summed E-state index contributed by atoms with van der Waals surface area (Å²) in [5.74, 6) is 0.739. The smallest absolute Gasteiger partial charge is 0.417 e. The van der Waals surface area contributed by atoms with Crippen LogP contribution in [0.3, 0.4) is 0 Å². The first-order valence-corrected chi connectivity index (χ1v) is 13.6. The number of halogens is 4. The van der Waals surface area contributed by atoms with Crippen molar-refractivity contribution in [2.45, 2.75) is 70.3 Å². The summed E-state index contributed by atoms with van der Waals surface area (Å²) in [5, 5.41) is 19.4. The van der Waals surface area contributed by atoms with Gasteiger partial charge in [0.25, 0.3) is 0 Å². The molecule has 3 aliphatic rings. The van der Waals surface area contributed by atoms with Crippen molar-refractivity contribution in [2.24, 2.45) is 11.8 Å². The molecule has 0 spiro atoms. The fourth-order valence-electron chi connectivity index (χ4n) is 6.03. The number of aliphatic hydroxyl groups is 2. The Morgan fingerprint density at radius 1 is 1.07 bits per heavy atom. The lowest BCUT2D eigenvalue weighted by Crippen LogP contribution is -2.21. The topological polar surface area (TPSA) is 84.3 Å². The molecule has 5 atom stereocenters. The van der Waals surface area contributed by atoms with Crippen LogP contribution in [0.2, 0.25) is 0 Å². The molecule has 2 N–H and O–H groups in total. The Hall–Kier alpha value is -3.21. The number of nitrogens with zero attached hydrogens (tertiary/aromatic N) is 1. The fraction of sp³-hybridized carbons (Fsp3) is 0.452. The number of ether oxygens (including phenoxy) is 3. The van der Waals surface area contributed by atoms with E-state index in [2.05, 4.69) is 4.98 Å². The number of alkyl halides is 3. The molecule has 0 amide bonds. The van der Waals surface area contributed by atoms with E-state index in [-0.39, 0.29) is 36.3 Å². The Morgan fingerprint density at radius 2 is 1.83 bits per heavy atom. The molecule has 3 aromatic rings. The molecule has 1 saturated carbocycles. The van der Waals surface area contributed by atoms with E-state index in [4.69, 9.17) is 14.2 Å². The van der Waals surface area contributed by atoms with Gasteiger partial charge >= 0.3 is 6.18 Å². The molecule has 0 radical (unpaired) electrons. The van der Waals surface area contributed by atoms with Crippen molar-refractivity contribution in [1.82, 2.24) is 4.98 Å². The summed E-state index contributed by atoms with van der Waals surface area (Å²) in [6.45, 7) is 4.93. The highest BCUT2D eigenvalue weighted by Gasteiger charge is 2.65. The number of benzene rings is 2. The molecule has 41 heavy (non-hydrogen) atoms. The zero-order chi connectivity index (χ0) is 29.3. The van der Waals surface area contributed by atoms with E-state index in [0.717, 1.165) is 17.5 Å². The van der Waals surface area contributed by atoms with Gasteiger partial charge in [0, 0.05) is 30.2 Å². The largest absolute Gasteiger partial charge is 0.493 e. The highest BCUT2D eigenvalue weighted by Crippen LogP contribution is 2.66. The van der Waals surface area contributed by atoms with Crippen LogP contribution in [0, 0.1) is 24.6 Å². The minimum atomic E-state index is -4.77. The lowest BCUT2D eigenvalue weighted by Gasteiger charge is -2.19. The minimum absolute atomic E-state index is 0.0250. The molecule has 1 aromatic heterocycles. The van der Waals surface area contributed by atoms with Crippen molar-refractivity contribution in [3.8, 4) is 22.8 Å². The summed E-state index contributed by atoms with van der Waals surface area (Å²) in [6, 6.07) is 8.20. The van der Waals surface area contributed by atoms with Gasteiger partial charge in [0.05, 0.1) is 17.8 Å². The van der Waals surface area contributed by atoms with Gasteiger partial charge in [0.2, 0.25) is 5.88 Å². The standard InChI is InChI=1S/C31H31F4NO5/c1-15-8-18(39-7-6-30(2,3)38)4-5-19(15)20-10-17(24(32)12-23(20)31(33,34)35)14-40-25-11-16-9-21-26(22(16)13-36-25)27(21)28-29(37)41-28/h4-5,8,10-13,21,26-29,37-38H,6-7,9,14H2,1-3H3/t21-,26-,27+,28-,29?/m1/s1. The van der Waals surface area contributed by atoms with Crippen LogP contribution in [0.15, 0.2) is 42.6 Å². The second-order valence-corrected chi connectivity index (χ2v) is 11.8. The number of rotatable bonds is 9. The molecule has 218 valence electrons. The van der Waals surface area contributed by atoms with E-state index in [1.54, 1.807) is 45.2 Å². The molecule has 1 aliphatic heterocycles. The molecule has 0 bridgehead atoms. The zero-order valence-electron chi connectivity index (χ0n) is 22.8. The van der Waals surface area contributed by atoms with Crippen LogP contribution in [0.5, 0.6) is 11.6 Å². The van der Waals surface area contributed by atoms with Gasteiger partial charge in [-0.1, -0.05) is 6.07 Å². The van der Waals surface area contributed by atoms with Crippen LogP contribution in [0.25, 0.3) is 11.1 Å². The van der Waals surface area contributed by atoms with E-state index in [1.807, 2.05) is 0 Å². The average molecular weight is 574 g/mol. The Balaban J connectivity index is 1.20. The lowest BCUT2D eigenvalue weighted by molar-refractivity contribution is -0.137. The van der Waals surface area contributed by atoms with Crippen LogP contribution in [0.4, 0.5) is 17.6 Å². The van der Waals surface area contributed by atoms with Gasteiger partial charge in [-0.15, -0.1) is 0 Å². The molecule has 6 nitrogen and oxygen atoms in total. The van der Waals surface area contributed by atoms with E-state index in [0.29, 0.717) is 47.1 Å². The van der Waals surface area contributed by atoms with Crippen molar-refractivity contribution in [2.75, 3.05) is 6.61 Å².